The molecule has 0 atom stereocenters. The summed E-state index contributed by atoms with van der Waals surface area (Å²) < 4.78 is 0. The number of para-hydroxylation sites is 1. The largest absolute Gasteiger partial charge is 0.330 e. The number of hydrogen-bond acceptors (Lipinski definition) is 2. The summed E-state index contributed by atoms with van der Waals surface area (Å²) in [5.74, 6) is 0.0649. The summed E-state index contributed by atoms with van der Waals surface area (Å²) in [5, 5.41) is 0. The molecule has 0 aromatic heterocycles. The normalized spacial score (nSPS) is 10.4. The van der Waals surface area contributed by atoms with Gasteiger partial charge in [0.2, 0.25) is 5.91 Å². The molecule has 1 amide bonds. The van der Waals surface area contributed by atoms with Gasteiger partial charge >= 0.3 is 0 Å². The van der Waals surface area contributed by atoms with Crippen molar-refractivity contribution in [2.24, 2.45) is 5.73 Å². The van der Waals surface area contributed by atoms with Crippen molar-refractivity contribution in [1.29, 1.82) is 0 Å². The Balaban J connectivity index is 2.36. The van der Waals surface area contributed by atoms with Crippen molar-refractivity contribution in [3.8, 4) is 0 Å². The van der Waals surface area contributed by atoms with E-state index in [9.17, 15) is 4.79 Å². The minimum absolute atomic E-state index is 0.0649. The van der Waals surface area contributed by atoms with Crippen LogP contribution in [0.25, 0.3) is 0 Å². The van der Waals surface area contributed by atoms with Crippen molar-refractivity contribution in [3.05, 3.63) is 65.2 Å². The van der Waals surface area contributed by atoms with Crippen LogP contribution in [0.5, 0.6) is 0 Å². The van der Waals surface area contributed by atoms with Gasteiger partial charge in [-0.2, -0.15) is 0 Å². The Morgan fingerprint density at radius 2 is 1.62 bits per heavy atom. The lowest BCUT2D eigenvalue weighted by Gasteiger charge is -2.25. The molecular weight excluding hydrogens is 260 g/mol. The van der Waals surface area contributed by atoms with Gasteiger partial charge in [-0.3, -0.25) is 4.79 Å². The molecule has 2 aromatic rings. The fourth-order valence-electron chi connectivity index (χ4n) is 2.39. The van der Waals surface area contributed by atoms with Crippen LogP contribution in [0.4, 0.5) is 5.69 Å². The minimum Gasteiger partial charge on any atom is -0.330 e. The first-order chi connectivity index (χ1) is 10.1. The number of aryl methyl sites for hydroxylation is 2. The molecule has 3 heteroatoms. The van der Waals surface area contributed by atoms with E-state index in [0.29, 0.717) is 19.5 Å². The monoisotopic (exact) mass is 282 g/mol. The first-order valence-electron chi connectivity index (χ1n) is 7.24. The molecule has 0 aliphatic rings. The third-order valence-electron chi connectivity index (χ3n) is 3.66. The lowest BCUT2D eigenvalue weighted by atomic mass is 10.1. The highest BCUT2D eigenvalue weighted by Gasteiger charge is 2.17. The smallest absolute Gasteiger partial charge is 0.228 e. The number of rotatable bonds is 5. The average molecular weight is 282 g/mol. The van der Waals surface area contributed by atoms with Crippen LogP contribution in [0.3, 0.4) is 0 Å². The summed E-state index contributed by atoms with van der Waals surface area (Å²) in [6.07, 6.45) is 0.361. The van der Waals surface area contributed by atoms with Crippen molar-refractivity contribution in [2.75, 3.05) is 11.4 Å². The Kier molecular flexibility index (Phi) is 5.12. The summed E-state index contributed by atoms with van der Waals surface area (Å²) in [5.41, 5.74) is 9.96. The van der Waals surface area contributed by atoms with E-state index in [2.05, 4.69) is 19.1 Å². The quantitative estimate of drug-likeness (QED) is 0.915. The lowest BCUT2D eigenvalue weighted by Crippen LogP contribution is -2.32. The third kappa shape index (κ3) is 3.70. The van der Waals surface area contributed by atoms with Gasteiger partial charge in [0, 0.05) is 18.7 Å². The molecule has 0 aliphatic heterocycles. The molecular formula is C18H22N2O. The zero-order valence-corrected chi connectivity index (χ0v) is 12.7. The van der Waals surface area contributed by atoms with Gasteiger partial charge in [-0.15, -0.1) is 0 Å². The second-order valence-electron chi connectivity index (χ2n) is 5.23. The fourth-order valence-corrected chi connectivity index (χ4v) is 2.39. The first kappa shape index (κ1) is 15.3. The Hall–Kier alpha value is -2.13. The summed E-state index contributed by atoms with van der Waals surface area (Å²) in [7, 11) is 0. The van der Waals surface area contributed by atoms with Crippen molar-refractivity contribution in [2.45, 2.75) is 26.8 Å². The highest BCUT2D eigenvalue weighted by molar-refractivity contribution is 5.94. The molecule has 3 nitrogen and oxygen atoms in total. The van der Waals surface area contributed by atoms with E-state index in [1.165, 1.54) is 5.56 Å². The molecule has 0 saturated heterocycles. The number of amides is 1. The average Bonchev–Trinajstić information content (AvgIpc) is 2.48. The highest BCUT2D eigenvalue weighted by atomic mass is 16.2. The van der Waals surface area contributed by atoms with Crippen LogP contribution < -0.4 is 10.6 Å². The maximum atomic E-state index is 12.5. The molecule has 0 heterocycles. The summed E-state index contributed by atoms with van der Waals surface area (Å²) >= 11 is 0. The van der Waals surface area contributed by atoms with E-state index in [0.717, 1.165) is 16.8 Å². The SMILES string of the molecule is Cc1ccccc1CN(C(=O)CCN)c1ccccc1C. The maximum absolute atomic E-state index is 12.5. The fraction of sp³-hybridized carbons (Fsp3) is 0.278. The van der Waals surface area contributed by atoms with E-state index in [-0.39, 0.29) is 5.91 Å². The van der Waals surface area contributed by atoms with Gasteiger partial charge in [-0.1, -0.05) is 42.5 Å². The molecule has 2 rings (SSSR count). The van der Waals surface area contributed by atoms with Crippen molar-refractivity contribution >= 4 is 11.6 Å². The standard InChI is InChI=1S/C18H22N2O/c1-14-7-3-5-9-16(14)13-20(18(21)11-12-19)17-10-6-4-8-15(17)2/h3-10H,11-13,19H2,1-2H3. The number of benzene rings is 2. The van der Waals surface area contributed by atoms with Gasteiger partial charge < -0.3 is 10.6 Å². The Bertz CT molecular complexity index is 622. The van der Waals surface area contributed by atoms with Crippen molar-refractivity contribution in [1.82, 2.24) is 0 Å². The summed E-state index contributed by atoms with van der Waals surface area (Å²) in [4.78, 5) is 14.3. The van der Waals surface area contributed by atoms with E-state index < -0.39 is 0 Å². The van der Waals surface area contributed by atoms with Crippen LogP contribution in [0.2, 0.25) is 0 Å². The van der Waals surface area contributed by atoms with Crippen LogP contribution in [-0.2, 0) is 11.3 Å². The number of carbonyl (C=O) groups is 1. The van der Waals surface area contributed by atoms with E-state index in [4.69, 9.17) is 5.73 Å². The van der Waals surface area contributed by atoms with Gasteiger partial charge in [0.05, 0.1) is 6.54 Å². The van der Waals surface area contributed by atoms with Crippen LogP contribution in [-0.4, -0.2) is 12.5 Å². The second-order valence-corrected chi connectivity index (χ2v) is 5.23. The number of nitrogens with two attached hydrogens (primary N) is 1. The lowest BCUT2D eigenvalue weighted by molar-refractivity contribution is -0.118. The molecule has 0 unspecified atom stereocenters. The third-order valence-corrected chi connectivity index (χ3v) is 3.66. The molecule has 2 N–H and O–H groups in total. The van der Waals surface area contributed by atoms with Crippen LogP contribution >= 0.6 is 0 Å². The van der Waals surface area contributed by atoms with Crippen LogP contribution in [0.15, 0.2) is 48.5 Å². The topological polar surface area (TPSA) is 46.3 Å². The number of anilines is 1. The number of nitrogens with zero attached hydrogens (tertiary/aromatic N) is 1. The molecule has 110 valence electrons. The van der Waals surface area contributed by atoms with Gasteiger partial charge in [0.1, 0.15) is 0 Å². The maximum Gasteiger partial charge on any atom is 0.228 e. The van der Waals surface area contributed by atoms with E-state index in [1.54, 1.807) is 0 Å². The predicted octanol–water partition coefficient (Wildman–Crippen LogP) is 3.19. The number of carbonyl (C=O) groups excluding carboxylic acids is 1. The number of hydrogen-bond donors (Lipinski definition) is 1. The van der Waals surface area contributed by atoms with Crippen molar-refractivity contribution in [3.63, 3.8) is 0 Å². The molecule has 0 spiro atoms. The van der Waals surface area contributed by atoms with E-state index >= 15 is 0 Å². The molecule has 0 saturated carbocycles. The Labute approximate surface area is 126 Å². The Morgan fingerprint density at radius 1 is 1.00 bits per heavy atom. The molecule has 0 fully saturated rings. The second kappa shape index (κ2) is 7.04. The zero-order valence-electron chi connectivity index (χ0n) is 12.7. The van der Waals surface area contributed by atoms with Crippen LogP contribution in [0.1, 0.15) is 23.1 Å². The van der Waals surface area contributed by atoms with Gasteiger partial charge in [-0.25, -0.2) is 0 Å². The summed E-state index contributed by atoms with van der Waals surface area (Å²) in [6.45, 7) is 5.04. The first-order valence-corrected chi connectivity index (χ1v) is 7.24. The van der Waals surface area contributed by atoms with Gasteiger partial charge in [-0.05, 0) is 36.6 Å². The predicted molar refractivity (Wildman–Crippen MR) is 87.2 cm³/mol. The van der Waals surface area contributed by atoms with Gasteiger partial charge in [0.25, 0.3) is 0 Å². The zero-order chi connectivity index (χ0) is 15.2. The Morgan fingerprint density at radius 3 is 2.24 bits per heavy atom. The molecule has 2 aromatic carbocycles. The van der Waals surface area contributed by atoms with E-state index in [1.807, 2.05) is 48.2 Å². The van der Waals surface area contributed by atoms with Gasteiger partial charge in [0.15, 0.2) is 0 Å². The highest BCUT2D eigenvalue weighted by Crippen LogP contribution is 2.23. The molecule has 0 bridgehead atoms. The molecule has 0 radical (unpaired) electrons. The summed E-state index contributed by atoms with van der Waals surface area (Å²) in [6, 6.07) is 16.1. The van der Waals surface area contributed by atoms with Crippen molar-refractivity contribution < 1.29 is 4.79 Å². The minimum atomic E-state index is 0.0649. The molecule has 21 heavy (non-hydrogen) atoms. The molecule has 0 aliphatic carbocycles. The van der Waals surface area contributed by atoms with Crippen LogP contribution in [0, 0.1) is 13.8 Å².